The van der Waals surface area contributed by atoms with Gasteiger partial charge in [-0.2, -0.15) is 0 Å². The molecule has 0 aliphatic carbocycles. The highest BCUT2D eigenvalue weighted by Crippen LogP contribution is 2.32. The van der Waals surface area contributed by atoms with Gasteiger partial charge in [0.05, 0.1) is 0 Å². The molecule has 2 unspecified atom stereocenters. The van der Waals surface area contributed by atoms with E-state index in [1.165, 1.54) is 18.4 Å². The highest BCUT2D eigenvalue weighted by Gasteiger charge is 2.34. The second kappa shape index (κ2) is 8.07. The van der Waals surface area contributed by atoms with Gasteiger partial charge >= 0.3 is 0 Å². The third-order valence-electron chi connectivity index (χ3n) is 6.26. The van der Waals surface area contributed by atoms with Crippen molar-refractivity contribution in [2.75, 3.05) is 38.5 Å². The Balaban J connectivity index is 1.28. The maximum Gasteiger partial charge on any atom is 0.224 e. The van der Waals surface area contributed by atoms with E-state index in [1.807, 2.05) is 6.07 Å². The summed E-state index contributed by atoms with van der Waals surface area (Å²) in [4.78, 5) is 17.4. The number of amides is 1. The molecule has 142 valence electrons. The Labute approximate surface area is 157 Å². The van der Waals surface area contributed by atoms with Crippen LogP contribution in [0.3, 0.4) is 0 Å². The third kappa shape index (κ3) is 4.64. The fourth-order valence-corrected chi connectivity index (χ4v) is 4.83. The summed E-state index contributed by atoms with van der Waals surface area (Å²) in [6, 6.07) is 9.68. The predicted octanol–water partition coefficient (Wildman–Crippen LogP) is 2.29. The lowest BCUT2D eigenvalue weighted by Crippen LogP contribution is -2.43. The monoisotopic (exact) mass is 356 g/mol. The molecule has 1 aromatic rings. The van der Waals surface area contributed by atoms with Crippen molar-refractivity contribution >= 4 is 11.6 Å². The molecule has 2 N–H and O–H groups in total. The van der Waals surface area contributed by atoms with Gasteiger partial charge in [0.1, 0.15) is 0 Å². The highest BCUT2D eigenvalue weighted by atomic mass is 16.1. The lowest BCUT2D eigenvalue weighted by atomic mass is 9.89. The second-order valence-corrected chi connectivity index (χ2v) is 8.51. The maximum atomic E-state index is 12.5. The van der Waals surface area contributed by atoms with Crippen LogP contribution in [0.5, 0.6) is 0 Å². The number of benzene rings is 1. The Morgan fingerprint density at radius 3 is 2.62 bits per heavy atom. The summed E-state index contributed by atoms with van der Waals surface area (Å²) in [5.74, 6) is 0.718. The lowest BCUT2D eigenvalue weighted by molar-refractivity contribution is -0.117. The summed E-state index contributed by atoms with van der Waals surface area (Å²) in [7, 11) is 2.18. The molecule has 0 radical (unpaired) electrons. The first kappa shape index (κ1) is 18.0. The number of nitrogens with one attached hydrogen (secondary N) is 2. The van der Waals surface area contributed by atoms with Crippen molar-refractivity contribution in [1.82, 2.24) is 15.1 Å². The molecule has 4 rings (SSSR count). The normalized spacial score (nSPS) is 29.7. The maximum absolute atomic E-state index is 12.5. The molecule has 3 heterocycles. The summed E-state index contributed by atoms with van der Waals surface area (Å²) in [5, 5.41) is 6.79. The molecular formula is C21H32N4O. The van der Waals surface area contributed by atoms with Crippen LogP contribution >= 0.6 is 0 Å². The number of rotatable bonds is 5. The molecule has 1 aromatic carbocycles. The van der Waals surface area contributed by atoms with Crippen molar-refractivity contribution in [2.45, 2.75) is 50.7 Å². The summed E-state index contributed by atoms with van der Waals surface area (Å²) in [6.45, 7) is 5.47. The van der Waals surface area contributed by atoms with Gasteiger partial charge in [0, 0.05) is 56.9 Å². The minimum atomic E-state index is 0.174. The van der Waals surface area contributed by atoms with Crippen molar-refractivity contribution in [1.29, 1.82) is 0 Å². The molecule has 0 spiro atoms. The minimum Gasteiger partial charge on any atom is -0.326 e. The smallest absolute Gasteiger partial charge is 0.224 e. The Kier molecular flexibility index (Phi) is 5.57. The first-order valence-corrected chi connectivity index (χ1v) is 10.2. The Bertz CT molecular complexity index is 614. The predicted molar refractivity (Wildman–Crippen MR) is 105 cm³/mol. The van der Waals surface area contributed by atoms with Crippen LogP contribution in [0, 0.1) is 5.92 Å². The van der Waals surface area contributed by atoms with Gasteiger partial charge in [0.25, 0.3) is 0 Å². The quantitative estimate of drug-likeness (QED) is 0.850. The van der Waals surface area contributed by atoms with E-state index in [4.69, 9.17) is 0 Å². The van der Waals surface area contributed by atoms with Crippen molar-refractivity contribution in [3.8, 4) is 0 Å². The van der Waals surface area contributed by atoms with Crippen LogP contribution in [-0.4, -0.2) is 61.0 Å². The Morgan fingerprint density at radius 2 is 1.88 bits per heavy atom. The van der Waals surface area contributed by atoms with E-state index in [1.54, 1.807) is 0 Å². The van der Waals surface area contributed by atoms with Gasteiger partial charge in [0.15, 0.2) is 0 Å². The molecule has 3 fully saturated rings. The third-order valence-corrected chi connectivity index (χ3v) is 6.26. The van der Waals surface area contributed by atoms with E-state index in [9.17, 15) is 4.79 Å². The van der Waals surface area contributed by atoms with Crippen LogP contribution < -0.4 is 10.6 Å². The van der Waals surface area contributed by atoms with E-state index in [0.717, 1.165) is 51.3 Å². The van der Waals surface area contributed by atoms with Crippen LogP contribution in [0.4, 0.5) is 5.69 Å². The van der Waals surface area contributed by atoms with E-state index < -0.39 is 0 Å². The van der Waals surface area contributed by atoms with Crippen molar-refractivity contribution in [2.24, 2.45) is 5.92 Å². The number of carbonyl (C=O) groups excluding carboxylic acids is 1. The number of likely N-dealkylation sites (N-methyl/N-ethyl adjacent to an activating group) is 1. The largest absolute Gasteiger partial charge is 0.326 e. The number of fused-ring (bicyclic) bond motifs is 2. The van der Waals surface area contributed by atoms with Gasteiger partial charge in [-0.1, -0.05) is 12.1 Å². The fraction of sp³-hybridized carbons (Fsp3) is 0.667. The van der Waals surface area contributed by atoms with E-state index in [2.05, 4.69) is 45.7 Å². The summed E-state index contributed by atoms with van der Waals surface area (Å²) < 4.78 is 0. The van der Waals surface area contributed by atoms with Gasteiger partial charge in [0.2, 0.25) is 5.91 Å². The summed E-state index contributed by atoms with van der Waals surface area (Å²) >= 11 is 0. The zero-order valence-electron chi connectivity index (χ0n) is 15.9. The van der Waals surface area contributed by atoms with E-state index >= 15 is 0 Å². The first-order chi connectivity index (χ1) is 12.6. The van der Waals surface area contributed by atoms with Crippen LogP contribution in [0.15, 0.2) is 24.3 Å². The van der Waals surface area contributed by atoms with Gasteiger partial charge in [-0.3, -0.25) is 9.69 Å². The van der Waals surface area contributed by atoms with Gasteiger partial charge in [-0.25, -0.2) is 0 Å². The van der Waals surface area contributed by atoms with Gasteiger partial charge < -0.3 is 15.5 Å². The summed E-state index contributed by atoms with van der Waals surface area (Å²) in [6.07, 6.45) is 5.56. The number of nitrogens with zero attached hydrogens (tertiary/aromatic N) is 2. The molecule has 3 aliphatic heterocycles. The van der Waals surface area contributed by atoms with Crippen molar-refractivity contribution in [3.63, 3.8) is 0 Å². The molecule has 5 nitrogen and oxygen atoms in total. The molecular weight excluding hydrogens is 324 g/mol. The zero-order chi connectivity index (χ0) is 17.9. The SMILES string of the molecule is CN1CCN(Cc2cccc(NC(=O)CC3CC4CCC(C3)N4)c2)CC1. The van der Waals surface area contributed by atoms with Crippen LogP contribution in [-0.2, 0) is 11.3 Å². The number of piperazine rings is 1. The topological polar surface area (TPSA) is 47.6 Å². The minimum absolute atomic E-state index is 0.174. The van der Waals surface area contributed by atoms with Crippen LogP contribution in [0.2, 0.25) is 0 Å². The van der Waals surface area contributed by atoms with E-state index in [0.29, 0.717) is 24.4 Å². The standard InChI is InChI=1S/C21H32N4O/c1-24-7-9-25(10-8-24)15-16-3-2-4-18(11-16)23-21(26)14-17-12-19-5-6-20(13-17)22-19/h2-4,11,17,19-20,22H,5-10,12-15H2,1H3,(H,23,26). The van der Waals surface area contributed by atoms with Crippen molar-refractivity contribution in [3.05, 3.63) is 29.8 Å². The molecule has 5 heteroatoms. The molecule has 0 saturated carbocycles. The van der Waals surface area contributed by atoms with Gasteiger partial charge in [-0.05, 0) is 56.3 Å². The Morgan fingerprint density at radius 1 is 1.15 bits per heavy atom. The molecule has 1 amide bonds. The molecule has 0 aromatic heterocycles. The molecule has 3 saturated heterocycles. The molecule has 2 atom stereocenters. The molecule has 2 bridgehead atoms. The van der Waals surface area contributed by atoms with Crippen LogP contribution in [0.25, 0.3) is 0 Å². The zero-order valence-corrected chi connectivity index (χ0v) is 15.9. The lowest BCUT2D eigenvalue weighted by Gasteiger charge is -2.32. The van der Waals surface area contributed by atoms with Gasteiger partial charge in [-0.15, -0.1) is 0 Å². The highest BCUT2D eigenvalue weighted by molar-refractivity contribution is 5.90. The number of hydrogen-bond acceptors (Lipinski definition) is 4. The number of carbonyl (C=O) groups is 1. The summed E-state index contributed by atoms with van der Waals surface area (Å²) in [5.41, 5.74) is 2.23. The first-order valence-electron chi connectivity index (χ1n) is 10.2. The fourth-order valence-electron chi connectivity index (χ4n) is 4.83. The number of anilines is 1. The molecule has 3 aliphatic rings. The number of hydrogen-bond donors (Lipinski definition) is 2. The van der Waals surface area contributed by atoms with E-state index in [-0.39, 0.29) is 5.91 Å². The van der Waals surface area contributed by atoms with Crippen LogP contribution in [0.1, 0.15) is 37.7 Å². The average Bonchev–Trinajstić information content (AvgIpc) is 2.96. The van der Waals surface area contributed by atoms with Crippen molar-refractivity contribution < 1.29 is 4.79 Å². The molecule has 26 heavy (non-hydrogen) atoms. The number of piperidine rings is 1. The Hall–Kier alpha value is -1.43. The average molecular weight is 357 g/mol. The second-order valence-electron chi connectivity index (χ2n) is 8.51.